The predicted octanol–water partition coefficient (Wildman–Crippen LogP) is 1.56. The maximum atomic E-state index is 10.3. The minimum atomic E-state index is -0.896. The number of ether oxygens (including phenoxy) is 3. The summed E-state index contributed by atoms with van der Waals surface area (Å²) in [6, 6.07) is 5.08. The van der Waals surface area contributed by atoms with Crippen molar-refractivity contribution in [3.63, 3.8) is 0 Å². The van der Waals surface area contributed by atoms with Gasteiger partial charge in [-0.2, -0.15) is 0 Å². The van der Waals surface area contributed by atoms with E-state index in [1.165, 1.54) is 7.11 Å². The van der Waals surface area contributed by atoms with Crippen LogP contribution >= 0.6 is 0 Å². The van der Waals surface area contributed by atoms with E-state index < -0.39 is 5.97 Å². The normalized spacial score (nSPS) is 9.62. The number of carboxylic acids is 1. The zero-order chi connectivity index (χ0) is 12.0. The fraction of sp³-hybridized carbons (Fsp3) is 0.364. The Morgan fingerprint density at radius 1 is 1.25 bits per heavy atom. The molecule has 0 bridgehead atoms. The molecule has 0 aromatic heterocycles. The lowest BCUT2D eigenvalue weighted by Gasteiger charge is -2.10. The Labute approximate surface area is 93.6 Å². The van der Waals surface area contributed by atoms with Crippen LogP contribution in [-0.4, -0.2) is 31.9 Å². The number of aliphatic carboxylic acids is 1. The highest BCUT2D eigenvalue weighted by molar-refractivity contribution is 5.66. The van der Waals surface area contributed by atoms with E-state index in [9.17, 15) is 4.79 Å². The first-order chi connectivity index (χ1) is 7.67. The molecule has 1 N–H and O–H groups in total. The molecule has 1 aromatic carbocycles. The van der Waals surface area contributed by atoms with Crippen LogP contribution in [-0.2, 0) is 4.79 Å². The average molecular weight is 226 g/mol. The number of carboxylic acid groups (broad SMARTS) is 1. The molecule has 0 spiro atoms. The fourth-order valence-electron chi connectivity index (χ4n) is 1.14. The monoisotopic (exact) mass is 226 g/mol. The van der Waals surface area contributed by atoms with Gasteiger partial charge in [-0.25, -0.2) is 0 Å². The fourth-order valence-corrected chi connectivity index (χ4v) is 1.14. The molecule has 0 aliphatic carbocycles. The Kier molecular flexibility index (Phi) is 4.44. The smallest absolute Gasteiger partial charge is 0.306 e. The summed E-state index contributed by atoms with van der Waals surface area (Å²) >= 11 is 0. The molecule has 1 aromatic rings. The number of benzene rings is 1. The third-order valence-electron chi connectivity index (χ3n) is 1.94. The third kappa shape index (κ3) is 3.34. The first kappa shape index (κ1) is 12.2. The molecule has 1 rings (SSSR count). The highest BCUT2D eigenvalue weighted by Gasteiger charge is 2.06. The molecule has 5 nitrogen and oxygen atoms in total. The van der Waals surface area contributed by atoms with E-state index in [1.54, 1.807) is 25.3 Å². The van der Waals surface area contributed by atoms with Crippen LogP contribution in [0.4, 0.5) is 0 Å². The average Bonchev–Trinajstić information content (AvgIpc) is 2.29. The Hall–Kier alpha value is -1.91. The Balaban J connectivity index is 2.68. The lowest BCUT2D eigenvalue weighted by atomic mass is 10.3. The van der Waals surface area contributed by atoms with E-state index >= 15 is 0 Å². The van der Waals surface area contributed by atoms with Crippen LogP contribution < -0.4 is 14.2 Å². The minimum absolute atomic E-state index is 0.0464. The SMILES string of the molecule is COc1ccc(OCCC(=O)O)c(OC)c1. The largest absolute Gasteiger partial charge is 0.497 e. The lowest BCUT2D eigenvalue weighted by Crippen LogP contribution is -2.05. The highest BCUT2D eigenvalue weighted by Crippen LogP contribution is 2.31. The summed E-state index contributed by atoms with van der Waals surface area (Å²) < 4.78 is 15.4. The van der Waals surface area contributed by atoms with Gasteiger partial charge in [0, 0.05) is 6.07 Å². The second-order valence-corrected chi connectivity index (χ2v) is 3.01. The molecule has 0 aliphatic rings. The van der Waals surface area contributed by atoms with Gasteiger partial charge in [0.1, 0.15) is 5.75 Å². The standard InChI is InChI=1S/C11H14O5/c1-14-8-3-4-9(10(7-8)15-2)16-6-5-11(12)13/h3-4,7H,5-6H2,1-2H3,(H,12,13). The zero-order valence-corrected chi connectivity index (χ0v) is 9.23. The second kappa shape index (κ2) is 5.85. The molecule has 0 aliphatic heterocycles. The van der Waals surface area contributed by atoms with Gasteiger partial charge in [-0.05, 0) is 12.1 Å². The topological polar surface area (TPSA) is 65.0 Å². The summed E-state index contributed by atoms with van der Waals surface area (Å²) in [5, 5.41) is 8.47. The van der Waals surface area contributed by atoms with Crippen LogP contribution in [0.3, 0.4) is 0 Å². The Bertz CT molecular complexity index is 361. The van der Waals surface area contributed by atoms with Gasteiger partial charge in [0.2, 0.25) is 0 Å². The molecular formula is C11H14O5. The van der Waals surface area contributed by atoms with Gasteiger partial charge >= 0.3 is 5.97 Å². The van der Waals surface area contributed by atoms with E-state index in [4.69, 9.17) is 19.3 Å². The molecule has 16 heavy (non-hydrogen) atoms. The Morgan fingerprint density at radius 3 is 2.56 bits per heavy atom. The van der Waals surface area contributed by atoms with Crippen molar-refractivity contribution in [2.75, 3.05) is 20.8 Å². The van der Waals surface area contributed by atoms with E-state index in [2.05, 4.69) is 0 Å². The molecule has 0 atom stereocenters. The predicted molar refractivity (Wildman–Crippen MR) is 57.3 cm³/mol. The first-order valence-corrected chi connectivity index (χ1v) is 4.74. The van der Waals surface area contributed by atoms with Crippen LogP contribution in [0, 0.1) is 0 Å². The maximum Gasteiger partial charge on any atom is 0.306 e. The molecule has 0 saturated carbocycles. The summed E-state index contributed by atoms with van der Waals surface area (Å²) in [5.74, 6) is 0.782. The Morgan fingerprint density at radius 2 is 2.00 bits per heavy atom. The van der Waals surface area contributed by atoms with Gasteiger partial charge < -0.3 is 19.3 Å². The van der Waals surface area contributed by atoms with Crippen LogP contribution in [0.5, 0.6) is 17.2 Å². The summed E-state index contributed by atoms with van der Waals surface area (Å²) in [7, 11) is 3.07. The van der Waals surface area contributed by atoms with Crippen LogP contribution in [0.2, 0.25) is 0 Å². The van der Waals surface area contributed by atoms with E-state index in [1.807, 2.05) is 0 Å². The van der Waals surface area contributed by atoms with Crippen molar-refractivity contribution in [2.45, 2.75) is 6.42 Å². The zero-order valence-electron chi connectivity index (χ0n) is 9.23. The van der Waals surface area contributed by atoms with Gasteiger partial charge in [-0.1, -0.05) is 0 Å². The number of hydrogen-bond acceptors (Lipinski definition) is 4. The maximum absolute atomic E-state index is 10.3. The first-order valence-electron chi connectivity index (χ1n) is 4.74. The molecule has 0 saturated heterocycles. The van der Waals surface area contributed by atoms with Crippen LogP contribution in [0.1, 0.15) is 6.42 Å². The molecule has 0 heterocycles. The van der Waals surface area contributed by atoms with E-state index in [-0.39, 0.29) is 13.0 Å². The number of rotatable bonds is 6. The molecule has 0 amide bonds. The molecule has 0 radical (unpaired) electrons. The van der Waals surface area contributed by atoms with Crippen molar-refractivity contribution in [3.05, 3.63) is 18.2 Å². The number of carbonyl (C=O) groups is 1. The third-order valence-corrected chi connectivity index (χ3v) is 1.94. The van der Waals surface area contributed by atoms with Crippen molar-refractivity contribution in [2.24, 2.45) is 0 Å². The lowest BCUT2D eigenvalue weighted by molar-refractivity contribution is -0.137. The molecule has 0 unspecified atom stereocenters. The van der Waals surface area contributed by atoms with Gasteiger partial charge in [0.15, 0.2) is 11.5 Å². The van der Waals surface area contributed by atoms with Crippen molar-refractivity contribution in [1.29, 1.82) is 0 Å². The molecule has 88 valence electrons. The quantitative estimate of drug-likeness (QED) is 0.797. The molecular weight excluding hydrogens is 212 g/mol. The van der Waals surface area contributed by atoms with Gasteiger partial charge in [0.05, 0.1) is 27.2 Å². The highest BCUT2D eigenvalue weighted by atomic mass is 16.5. The van der Waals surface area contributed by atoms with Crippen molar-refractivity contribution >= 4 is 5.97 Å². The van der Waals surface area contributed by atoms with Crippen molar-refractivity contribution in [1.82, 2.24) is 0 Å². The van der Waals surface area contributed by atoms with Crippen LogP contribution in [0.25, 0.3) is 0 Å². The molecule has 0 fully saturated rings. The minimum Gasteiger partial charge on any atom is -0.497 e. The summed E-state index contributed by atoms with van der Waals surface area (Å²) in [6.45, 7) is 0.109. The van der Waals surface area contributed by atoms with Crippen LogP contribution in [0.15, 0.2) is 18.2 Å². The number of hydrogen-bond donors (Lipinski definition) is 1. The number of methoxy groups -OCH3 is 2. The summed E-state index contributed by atoms with van der Waals surface area (Å²) in [4.78, 5) is 10.3. The second-order valence-electron chi connectivity index (χ2n) is 3.01. The van der Waals surface area contributed by atoms with Crippen molar-refractivity contribution < 1.29 is 24.1 Å². The van der Waals surface area contributed by atoms with E-state index in [0.29, 0.717) is 17.2 Å². The van der Waals surface area contributed by atoms with Gasteiger partial charge in [-0.15, -0.1) is 0 Å². The summed E-state index contributed by atoms with van der Waals surface area (Å²) in [6.07, 6.45) is -0.0464. The molecule has 5 heteroatoms. The summed E-state index contributed by atoms with van der Waals surface area (Å²) in [5.41, 5.74) is 0. The van der Waals surface area contributed by atoms with E-state index in [0.717, 1.165) is 0 Å². The van der Waals surface area contributed by atoms with Gasteiger partial charge in [-0.3, -0.25) is 4.79 Å². The van der Waals surface area contributed by atoms with Gasteiger partial charge in [0.25, 0.3) is 0 Å². The van der Waals surface area contributed by atoms with Crippen molar-refractivity contribution in [3.8, 4) is 17.2 Å².